The molecule has 0 radical (unpaired) electrons. The Balaban J connectivity index is 1.54. The number of aryl methyl sites for hydroxylation is 1. The third kappa shape index (κ3) is 3.62. The van der Waals surface area contributed by atoms with Crippen LogP contribution in [0.2, 0.25) is 0 Å². The van der Waals surface area contributed by atoms with Gasteiger partial charge in [0.15, 0.2) is 0 Å². The van der Waals surface area contributed by atoms with Gasteiger partial charge in [0.1, 0.15) is 12.2 Å². The molecule has 128 valence electrons. The number of aromatic amines is 1. The van der Waals surface area contributed by atoms with Crippen LogP contribution >= 0.6 is 0 Å². The predicted molar refractivity (Wildman–Crippen MR) is 86.5 cm³/mol. The second-order valence-corrected chi connectivity index (χ2v) is 7.47. The third-order valence-electron chi connectivity index (χ3n) is 4.01. The summed E-state index contributed by atoms with van der Waals surface area (Å²) in [5, 5.41) is 6.47. The molecule has 0 unspecified atom stereocenters. The lowest BCUT2D eigenvalue weighted by molar-refractivity contribution is -0.132. The van der Waals surface area contributed by atoms with Gasteiger partial charge in [-0.1, -0.05) is 18.2 Å². The number of H-pyrrole nitrogens is 1. The van der Waals surface area contributed by atoms with Crippen molar-refractivity contribution in [1.29, 1.82) is 0 Å². The number of hydrogen-bond donors (Lipinski definition) is 1. The molecule has 2 aromatic rings. The van der Waals surface area contributed by atoms with Gasteiger partial charge in [0.25, 0.3) is 0 Å². The average molecular weight is 349 g/mol. The molecule has 1 aliphatic rings. The van der Waals surface area contributed by atoms with Crippen molar-refractivity contribution in [3.63, 3.8) is 0 Å². The van der Waals surface area contributed by atoms with Crippen LogP contribution < -0.4 is 0 Å². The smallest absolute Gasteiger partial charge is 0.243 e. The molecule has 24 heavy (non-hydrogen) atoms. The van der Waals surface area contributed by atoms with Crippen molar-refractivity contribution in [2.24, 2.45) is 0 Å². The minimum Gasteiger partial charge on any atom is -0.340 e. The molecule has 1 saturated heterocycles. The lowest BCUT2D eigenvalue weighted by atomic mass is 10.2. The van der Waals surface area contributed by atoms with Crippen LogP contribution in [0.1, 0.15) is 12.2 Å². The van der Waals surface area contributed by atoms with E-state index in [1.807, 2.05) is 0 Å². The zero-order valence-electron chi connectivity index (χ0n) is 13.1. The summed E-state index contributed by atoms with van der Waals surface area (Å²) in [5.41, 5.74) is 0. The van der Waals surface area contributed by atoms with Crippen molar-refractivity contribution >= 4 is 15.9 Å². The standard InChI is InChI=1S/C15H19N5O3S/c21-15(7-6-14-16-12-17-18-14)19-8-10-20(11-9-19)24(22,23)13-4-2-1-3-5-13/h1-5,12H,6-11H2,(H,16,17,18). The summed E-state index contributed by atoms with van der Waals surface area (Å²) in [6, 6.07) is 8.37. The molecule has 0 atom stereocenters. The fourth-order valence-corrected chi connectivity index (χ4v) is 4.10. The summed E-state index contributed by atoms with van der Waals surface area (Å²) in [6.45, 7) is 1.43. The first-order valence-corrected chi connectivity index (χ1v) is 9.18. The van der Waals surface area contributed by atoms with E-state index >= 15 is 0 Å². The number of carbonyl (C=O) groups is 1. The van der Waals surface area contributed by atoms with Crippen LogP contribution in [-0.4, -0.2) is 64.9 Å². The summed E-state index contributed by atoms with van der Waals surface area (Å²) in [6.07, 6.45) is 2.25. The third-order valence-corrected chi connectivity index (χ3v) is 5.93. The molecule has 1 aromatic carbocycles. The van der Waals surface area contributed by atoms with Gasteiger partial charge in [0, 0.05) is 39.0 Å². The Labute approximate surface area is 140 Å². The molecule has 0 aliphatic carbocycles. The highest BCUT2D eigenvalue weighted by atomic mass is 32.2. The van der Waals surface area contributed by atoms with Crippen molar-refractivity contribution in [2.75, 3.05) is 26.2 Å². The van der Waals surface area contributed by atoms with E-state index in [0.29, 0.717) is 44.8 Å². The Bertz CT molecular complexity index is 769. The number of hydrogen-bond acceptors (Lipinski definition) is 5. The van der Waals surface area contributed by atoms with Gasteiger partial charge in [-0.25, -0.2) is 13.4 Å². The maximum Gasteiger partial charge on any atom is 0.243 e. The Morgan fingerprint density at radius 1 is 1.12 bits per heavy atom. The van der Waals surface area contributed by atoms with E-state index < -0.39 is 10.0 Å². The van der Waals surface area contributed by atoms with Gasteiger partial charge in [-0.2, -0.15) is 9.40 Å². The molecule has 1 aromatic heterocycles. The second kappa shape index (κ2) is 7.10. The highest BCUT2D eigenvalue weighted by Gasteiger charge is 2.29. The van der Waals surface area contributed by atoms with E-state index in [2.05, 4.69) is 15.2 Å². The van der Waals surface area contributed by atoms with Crippen molar-refractivity contribution in [3.8, 4) is 0 Å². The SMILES string of the molecule is O=C(CCc1ncn[nH]1)N1CCN(S(=O)(=O)c2ccccc2)CC1. The van der Waals surface area contributed by atoms with Gasteiger partial charge in [-0.15, -0.1) is 0 Å². The topological polar surface area (TPSA) is 99.3 Å². The number of benzene rings is 1. The Hall–Kier alpha value is -2.26. The van der Waals surface area contributed by atoms with Crippen LogP contribution in [0.3, 0.4) is 0 Å². The van der Waals surface area contributed by atoms with E-state index in [1.54, 1.807) is 35.2 Å². The fraction of sp³-hybridized carbons (Fsp3) is 0.400. The summed E-state index contributed by atoms with van der Waals surface area (Å²) in [5.74, 6) is 0.678. The Kier molecular flexibility index (Phi) is 4.91. The summed E-state index contributed by atoms with van der Waals surface area (Å²) < 4.78 is 26.5. The average Bonchev–Trinajstić information content (AvgIpc) is 3.14. The summed E-state index contributed by atoms with van der Waals surface area (Å²) in [4.78, 5) is 18.2. The lowest BCUT2D eigenvalue weighted by Gasteiger charge is -2.34. The zero-order valence-corrected chi connectivity index (χ0v) is 13.9. The number of nitrogens with zero attached hydrogens (tertiary/aromatic N) is 4. The van der Waals surface area contributed by atoms with Crippen LogP contribution in [0, 0.1) is 0 Å². The molecular formula is C15H19N5O3S. The molecule has 3 rings (SSSR count). The largest absolute Gasteiger partial charge is 0.340 e. The number of carbonyl (C=O) groups excluding carboxylic acids is 1. The fourth-order valence-electron chi connectivity index (χ4n) is 2.65. The van der Waals surface area contributed by atoms with Gasteiger partial charge in [0.2, 0.25) is 15.9 Å². The van der Waals surface area contributed by atoms with Gasteiger partial charge < -0.3 is 4.90 Å². The van der Waals surface area contributed by atoms with Crippen molar-refractivity contribution < 1.29 is 13.2 Å². The van der Waals surface area contributed by atoms with Gasteiger partial charge >= 0.3 is 0 Å². The molecule has 9 heteroatoms. The maximum absolute atomic E-state index is 12.5. The second-order valence-electron chi connectivity index (χ2n) is 5.53. The normalized spacial score (nSPS) is 16.2. The zero-order chi connectivity index (χ0) is 17.0. The number of rotatable bonds is 5. The minimum absolute atomic E-state index is 0.00293. The van der Waals surface area contributed by atoms with Crippen LogP contribution in [0.25, 0.3) is 0 Å². The number of sulfonamides is 1. The van der Waals surface area contributed by atoms with Crippen molar-refractivity contribution in [3.05, 3.63) is 42.5 Å². The highest BCUT2D eigenvalue weighted by Crippen LogP contribution is 2.17. The summed E-state index contributed by atoms with van der Waals surface area (Å²) in [7, 11) is -3.49. The van der Waals surface area contributed by atoms with E-state index in [9.17, 15) is 13.2 Å². The van der Waals surface area contributed by atoms with Gasteiger partial charge in [-0.05, 0) is 12.1 Å². The van der Waals surface area contributed by atoms with E-state index in [4.69, 9.17) is 0 Å². The molecule has 8 nitrogen and oxygen atoms in total. The monoisotopic (exact) mass is 349 g/mol. The molecule has 1 N–H and O–H groups in total. The van der Waals surface area contributed by atoms with E-state index in [0.717, 1.165) is 0 Å². The van der Waals surface area contributed by atoms with Crippen molar-refractivity contribution in [2.45, 2.75) is 17.7 Å². The highest BCUT2D eigenvalue weighted by molar-refractivity contribution is 7.89. The Morgan fingerprint density at radius 2 is 1.83 bits per heavy atom. The van der Waals surface area contributed by atoms with Crippen LogP contribution in [0.15, 0.2) is 41.6 Å². The van der Waals surface area contributed by atoms with Gasteiger partial charge in [-0.3, -0.25) is 9.89 Å². The first-order chi connectivity index (χ1) is 11.6. The number of nitrogens with one attached hydrogen (secondary N) is 1. The summed E-state index contributed by atoms with van der Waals surface area (Å²) >= 11 is 0. The minimum atomic E-state index is -3.49. The number of amides is 1. The van der Waals surface area contributed by atoms with Crippen molar-refractivity contribution in [1.82, 2.24) is 24.4 Å². The van der Waals surface area contributed by atoms with Crippen LogP contribution in [0.4, 0.5) is 0 Å². The van der Waals surface area contributed by atoms with Gasteiger partial charge in [0.05, 0.1) is 4.90 Å². The number of aromatic nitrogens is 3. The number of piperazine rings is 1. The van der Waals surface area contributed by atoms with Crippen LogP contribution in [0.5, 0.6) is 0 Å². The quantitative estimate of drug-likeness (QED) is 0.835. The first-order valence-electron chi connectivity index (χ1n) is 7.74. The molecule has 0 saturated carbocycles. The van der Waals surface area contributed by atoms with E-state index in [1.165, 1.54) is 10.6 Å². The molecule has 1 fully saturated rings. The first kappa shape index (κ1) is 16.6. The predicted octanol–water partition coefficient (Wildman–Crippen LogP) is 0.270. The lowest BCUT2D eigenvalue weighted by Crippen LogP contribution is -2.50. The maximum atomic E-state index is 12.5. The molecular weight excluding hydrogens is 330 g/mol. The molecule has 1 amide bonds. The molecule has 1 aliphatic heterocycles. The molecule has 2 heterocycles. The van der Waals surface area contributed by atoms with Crippen LogP contribution in [-0.2, 0) is 21.2 Å². The molecule has 0 bridgehead atoms. The Morgan fingerprint density at radius 3 is 2.46 bits per heavy atom. The molecule has 0 spiro atoms. The van der Waals surface area contributed by atoms with E-state index in [-0.39, 0.29) is 10.8 Å².